The number of carboxylic acid groups (broad SMARTS) is 1. The molecule has 0 atom stereocenters. The fraction of sp³-hybridized carbons (Fsp3) is 0.267. The fourth-order valence-electron chi connectivity index (χ4n) is 1.82. The Bertz CT molecular complexity index is 688. The topological polar surface area (TPSA) is 81.4 Å². The third kappa shape index (κ3) is 2.79. The highest BCUT2D eigenvalue weighted by Crippen LogP contribution is 2.23. The molecule has 1 heterocycles. The number of nitrogens with zero attached hydrogens (tertiary/aromatic N) is 2. The molecule has 1 N–H and O–H groups in total. The molecule has 0 fully saturated rings. The first-order chi connectivity index (χ1) is 9.86. The van der Waals surface area contributed by atoms with Gasteiger partial charge in [-0.15, -0.1) is 0 Å². The predicted molar refractivity (Wildman–Crippen MR) is 76.0 cm³/mol. The van der Waals surface area contributed by atoms with E-state index in [0.29, 0.717) is 5.56 Å². The Balaban J connectivity index is 2.38. The Labute approximate surface area is 122 Å². The Morgan fingerprint density at radius 2 is 2.00 bits per heavy atom. The van der Waals surface area contributed by atoms with Crippen molar-refractivity contribution in [2.75, 3.05) is 7.11 Å². The molecule has 0 aliphatic heterocycles. The summed E-state index contributed by atoms with van der Waals surface area (Å²) in [5.74, 6) is -1.39. The molecule has 6 nitrogen and oxygen atoms in total. The molecule has 0 spiro atoms. The van der Waals surface area contributed by atoms with Gasteiger partial charge in [-0.2, -0.15) is 5.10 Å². The number of hydrogen-bond donors (Lipinski definition) is 1. The molecule has 6 heteroatoms. The number of carbonyl (C=O) groups is 2. The smallest absolute Gasteiger partial charge is 0.337 e. The molecule has 0 saturated heterocycles. The molecule has 1 aromatic carbocycles. The van der Waals surface area contributed by atoms with Crippen LogP contribution in [0.4, 0.5) is 0 Å². The first-order valence-electron chi connectivity index (χ1n) is 6.33. The number of ether oxygens (including phenoxy) is 1. The van der Waals surface area contributed by atoms with Gasteiger partial charge in [0.1, 0.15) is 0 Å². The van der Waals surface area contributed by atoms with Gasteiger partial charge in [0, 0.05) is 11.8 Å². The van der Waals surface area contributed by atoms with Crippen molar-refractivity contribution in [3.05, 3.63) is 42.2 Å². The van der Waals surface area contributed by atoms with Gasteiger partial charge in [-0.25, -0.2) is 9.59 Å². The number of esters is 1. The molecule has 0 radical (unpaired) electrons. The average molecular weight is 288 g/mol. The molecule has 2 rings (SSSR count). The van der Waals surface area contributed by atoms with Crippen LogP contribution in [0.5, 0.6) is 0 Å². The van der Waals surface area contributed by atoms with E-state index >= 15 is 0 Å². The van der Waals surface area contributed by atoms with Gasteiger partial charge in [0.2, 0.25) is 0 Å². The molecule has 0 bridgehead atoms. The summed E-state index contributed by atoms with van der Waals surface area (Å²) in [6.07, 6.45) is 3.21. The van der Waals surface area contributed by atoms with Crippen molar-refractivity contribution in [1.29, 1.82) is 0 Å². The lowest BCUT2D eigenvalue weighted by molar-refractivity contribution is -0.146. The van der Waals surface area contributed by atoms with Crippen LogP contribution >= 0.6 is 0 Å². The van der Waals surface area contributed by atoms with Crippen molar-refractivity contribution < 1.29 is 19.4 Å². The van der Waals surface area contributed by atoms with Crippen LogP contribution in [0.25, 0.3) is 11.1 Å². The van der Waals surface area contributed by atoms with Crippen molar-refractivity contribution in [2.24, 2.45) is 0 Å². The van der Waals surface area contributed by atoms with Crippen LogP contribution < -0.4 is 0 Å². The van der Waals surface area contributed by atoms with Gasteiger partial charge in [0.05, 0.1) is 18.9 Å². The van der Waals surface area contributed by atoms with E-state index in [1.54, 1.807) is 44.4 Å². The first kappa shape index (κ1) is 14.8. The van der Waals surface area contributed by atoms with Gasteiger partial charge in [0.15, 0.2) is 5.54 Å². The van der Waals surface area contributed by atoms with Crippen LogP contribution in [-0.2, 0) is 15.1 Å². The molecule has 0 saturated carbocycles. The van der Waals surface area contributed by atoms with Crippen LogP contribution in [-0.4, -0.2) is 33.9 Å². The van der Waals surface area contributed by atoms with E-state index in [1.807, 2.05) is 6.07 Å². The summed E-state index contributed by atoms with van der Waals surface area (Å²) in [6.45, 7) is 3.13. The minimum absolute atomic E-state index is 0.421. The van der Waals surface area contributed by atoms with E-state index < -0.39 is 17.5 Å². The van der Waals surface area contributed by atoms with Crippen LogP contribution in [0.1, 0.15) is 24.2 Å². The predicted octanol–water partition coefficient (Wildman–Crippen LogP) is 2.16. The molecule has 0 amide bonds. The molecule has 0 aliphatic rings. The lowest BCUT2D eigenvalue weighted by Gasteiger charge is -2.19. The van der Waals surface area contributed by atoms with Crippen LogP contribution in [0.15, 0.2) is 36.7 Å². The highest BCUT2D eigenvalue weighted by atomic mass is 16.5. The third-order valence-corrected chi connectivity index (χ3v) is 3.30. The zero-order valence-corrected chi connectivity index (χ0v) is 12.0. The Morgan fingerprint density at radius 1 is 1.29 bits per heavy atom. The number of aliphatic carboxylic acids is 1. The standard InChI is InChI=1S/C15H16N2O4/c1-15(2,14(19)20)17-9-12(8-16-17)10-5-4-6-11(7-10)13(18)21-3/h4-9H,1-3H3,(H,19,20). The van der Waals surface area contributed by atoms with E-state index in [4.69, 9.17) is 0 Å². The van der Waals surface area contributed by atoms with Crippen molar-refractivity contribution in [1.82, 2.24) is 9.78 Å². The quantitative estimate of drug-likeness (QED) is 0.872. The molecule has 0 unspecified atom stereocenters. The molecule has 0 aliphatic carbocycles. The normalized spacial score (nSPS) is 11.2. The Morgan fingerprint density at radius 3 is 2.62 bits per heavy atom. The zero-order valence-electron chi connectivity index (χ0n) is 12.0. The van der Waals surface area contributed by atoms with Crippen molar-refractivity contribution in [2.45, 2.75) is 19.4 Å². The van der Waals surface area contributed by atoms with Crippen molar-refractivity contribution >= 4 is 11.9 Å². The van der Waals surface area contributed by atoms with E-state index in [1.165, 1.54) is 11.8 Å². The van der Waals surface area contributed by atoms with Gasteiger partial charge in [-0.1, -0.05) is 12.1 Å². The van der Waals surface area contributed by atoms with E-state index in [0.717, 1.165) is 11.1 Å². The highest BCUT2D eigenvalue weighted by Gasteiger charge is 2.30. The van der Waals surface area contributed by atoms with Crippen molar-refractivity contribution in [3.63, 3.8) is 0 Å². The fourth-order valence-corrected chi connectivity index (χ4v) is 1.82. The zero-order chi connectivity index (χ0) is 15.6. The largest absolute Gasteiger partial charge is 0.479 e. The van der Waals surface area contributed by atoms with E-state index in [2.05, 4.69) is 9.84 Å². The van der Waals surface area contributed by atoms with Gasteiger partial charge in [0.25, 0.3) is 0 Å². The Hall–Kier alpha value is -2.63. The molecule has 1 aromatic heterocycles. The molecular formula is C15H16N2O4. The maximum atomic E-state index is 11.5. The summed E-state index contributed by atoms with van der Waals surface area (Å²) < 4.78 is 6.06. The van der Waals surface area contributed by atoms with E-state index in [-0.39, 0.29) is 0 Å². The monoisotopic (exact) mass is 288 g/mol. The number of hydrogen-bond acceptors (Lipinski definition) is 4. The number of methoxy groups -OCH3 is 1. The summed E-state index contributed by atoms with van der Waals surface area (Å²) in [7, 11) is 1.32. The maximum absolute atomic E-state index is 11.5. The van der Waals surface area contributed by atoms with Gasteiger partial charge in [-0.3, -0.25) is 4.68 Å². The molecular weight excluding hydrogens is 272 g/mol. The van der Waals surface area contributed by atoms with Crippen LogP contribution in [0.2, 0.25) is 0 Å². The number of carbonyl (C=O) groups excluding carboxylic acids is 1. The minimum atomic E-state index is -1.14. The third-order valence-electron chi connectivity index (χ3n) is 3.30. The minimum Gasteiger partial charge on any atom is -0.479 e. The maximum Gasteiger partial charge on any atom is 0.337 e. The molecule has 2 aromatic rings. The SMILES string of the molecule is COC(=O)c1cccc(-c2cnn(C(C)(C)C(=O)O)c2)c1. The lowest BCUT2D eigenvalue weighted by atomic mass is 10.1. The van der Waals surface area contributed by atoms with E-state index in [9.17, 15) is 14.7 Å². The molecule has 110 valence electrons. The second kappa shape index (κ2) is 5.40. The molecule has 21 heavy (non-hydrogen) atoms. The van der Waals surface area contributed by atoms with Crippen LogP contribution in [0, 0.1) is 0 Å². The van der Waals surface area contributed by atoms with Crippen molar-refractivity contribution in [3.8, 4) is 11.1 Å². The van der Waals surface area contributed by atoms with Crippen LogP contribution in [0.3, 0.4) is 0 Å². The number of rotatable bonds is 4. The average Bonchev–Trinajstić information content (AvgIpc) is 2.97. The number of aromatic nitrogens is 2. The number of benzene rings is 1. The van der Waals surface area contributed by atoms with Gasteiger partial charge in [-0.05, 0) is 31.5 Å². The summed E-state index contributed by atoms with van der Waals surface area (Å²) in [4.78, 5) is 22.8. The first-order valence-corrected chi connectivity index (χ1v) is 6.33. The van der Waals surface area contributed by atoms with Gasteiger partial charge < -0.3 is 9.84 Å². The summed E-state index contributed by atoms with van der Waals surface area (Å²) in [6, 6.07) is 6.89. The van der Waals surface area contributed by atoms with Gasteiger partial charge >= 0.3 is 11.9 Å². The second-order valence-electron chi connectivity index (χ2n) is 5.11. The highest BCUT2D eigenvalue weighted by molar-refractivity contribution is 5.90. The lowest BCUT2D eigenvalue weighted by Crippen LogP contribution is -2.35. The summed E-state index contributed by atoms with van der Waals surface area (Å²) >= 11 is 0. The summed E-state index contributed by atoms with van der Waals surface area (Å²) in [5, 5.41) is 13.3. The summed E-state index contributed by atoms with van der Waals surface area (Å²) in [5.41, 5.74) is 0.791. The second-order valence-corrected chi connectivity index (χ2v) is 5.11. The number of carboxylic acids is 1. The Kier molecular flexibility index (Phi) is 3.80.